The number of hydrogen-bond acceptors (Lipinski definition) is 2. The summed E-state index contributed by atoms with van der Waals surface area (Å²) >= 11 is 0. The predicted octanol–water partition coefficient (Wildman–Crippen LogP) is 3.03. The molecule has 1 N–H and O–H groups in total. The number of imide groups is 1. The van der Waals surface area contributed by atoms with Crippen LogP contribution in [-0.4, -0.2) is 23.9 Å². The van der Waals surface area contributed by atoms with E-state index >= 15 is 0 Å². The van der Waals surface area contributed by atoms with Crippen LogP contribution in [0.25, 0.3) is 0 Å². The van der Waals surface area contributed by atoms with Gasteiger partial charge in [-0.05, 0) is 23.3 Å². The summed E-state index contributed by atoms with van der Waals surface area (Å²) in [7, 11) is 1.32. The molecular formula is C17H16F2N2O2. The highest BCUT2D eigenvalue weighted by atomic mass is 19.1. The molecule has 0 radical (unpaired) electrons. The molecule has 1 heterocycles. The molecule has 1 unspecified atom stereocenters. The Morgan fingerprint density at radius 1 is 0.957 bits per heavy atom. The number of halogens is 2. The molecule has 3 rings (SSSR count). The Labute approximate surface area is 132 Å². The molecule has 0 spiro atoms. The van der Waals surface area contributed by atoms with Crippen LogP contribution in [0.3, 0.4) is 0 Å². The fraction of sp³-hybridized carbons (Fsp3) is 0.176. The Morgan fingerprint density at radius 2 is 1.52 bits per heavy atom. The Bertz CT molecular complexity index is 744. The van der Waals surface area contributed by atoms with Crippen molar-refractivity contribution >= 4 is 11.9 Å². The largest absolute Gasteiger partial charge is 0.325 e. The predicted molar refractivity (Wildman–Crippen MR) is 81.6 cm³/mol. The van der Waals surface area contributed by atoms with Gasteiger partial charge in [0.15, 0.2) is 5.54 Å². The molecule has 23 heavy (non-hydrogen) atoms. The van der Waals surface area contributed by atoms with Crippen molar-refractivity contribution in [3.8, 4) is 0 Å². The van der Waals surface area contributed by atoms with Crippen LogP contribution in [0, 0.1) is 11.6 Å². The second kappa shape index (κ2) is 5.79. The number of nitrogens with one attached hydrogen (secondary N) is 1. The molecule has 0 aliphatic carbocycles. The summed E-state index contributed by atoms with van der Waals surface area (Å²) < 4.78 is 27.2. The summed E-state index contributed by atoms with van der Waals surface area (Å²) in [5.41, 5.74) is -1.16. The fourth-order valence-electron chi connectivity index (χ4n) is 2.66. The molecule has 2 aromatic rings. The van der Waals surface area contributed by atoms with Gasteiger partial charge in [-0.25, -0.2) is 13.6 Å². The molecule has 1 aliphatic heterocycles. The number of rotatable bonds is 2. The van der Waals surface area contributed by atoms with Gasteiger partial charge < -0.3 is 5.32 Å². The van der Waals surface area contributed by atoms with E-state index in [0.29, 0.717) is 11.6 Å². The van der Waals surface area contributed by atoms with Crippen molar-refractivity contribution in [3.63, 3.8) is 0 Å². The fourth-order valence-corrected chi connectivity index (χ4v) is 2.66. The first-order chi connectivity index (χ1) is 10.4. The quantitative estimate of drug-likeness (QED) is 0.865. The van der Waals surface area contributed by atoms with E-state index in [1.807, 2.05) is 0 Å². The maximum atomic E-state index is 13.6. The van der Waals surface area contributed by atoms with Crippen LogP contribution in [0.5, 0.6) is 0 Å². The second-order valence-electron chi connectivity index (χ2n) is 5.07. The first-order valence-electron chi connectivity index (χ1n) is 6.57. The lowest BCUT2D eigenvalue weighted by Crippen LogP contribution is -2.45. The molecule has 1 fully saturated rings. The van der Waals surface area contributed by atoms with Gasteiger partial charge in [0.2, 0.25) is 0 Å². The van der Waals surface area contributed by atoms with E-state index in [2.05, 4.69) is 5.32 Å². The van der Waals surface area contributed by atoms with E-state index in [1.165, 1.54) is 7.05 Å². The van der Waals surface area contributed by atoms with Crippen LogP contribution in [-0.2, 0) is 10.3 Å². The van der Waals surface area contributed by atoms with Gasteiger partial charge in [0.25, 0.3) is 5.91 Å². The van der Waals surface area contributed by atoms with Gasteiger partial charge >= 0.3 is 6.03 Å². The van der Waals surface area contributed by atoms with E-state index in [9.17, 15) is 18.4 Å². The maximum Gasteiger partial charge on any atom is 0.325 e. The zero-order valence-electron chi connectivity index (χ0n) is 11.6. The van der Waals surface area contributed by atoms with Gasteiger partial charge in [-0.1, -0.05) is 37.8 Å². The lowest BCUT2D eigenvalue weighted by atomic mass is 9.82. The van der Waals surface area contributed by atoms with Crippen molar-refractivity contribution in [1.82, 2.24) is 10.2 Å². The molecule has 0 aromatic heterocycles. The number of amides is 3. The first kappa shape index (κ1) is 16.6. The summed E-state index contributed by atoms with van der Waals surface area (Å²) in [5.74, 6) is -2.22. The topological polar surface area (TPSA) is 49.4 Å². The number of nitrogens with zero attached hydrogens (tertiary/aromatic N) is 1. The van der Waals surface area contributed by atoms with E-state index in [1.54, 1.807) is 30.3 Å². The summed E-state index contributed by atoms with van der Waals surface area (Å²) in [6, 6.07) is 10.6. The van der Waals surface area contributed by atoms with Crippen molar-refractivity contribution in [1.29, 1.82) is 0 Å². The lowest BCUT2D eigenvalue weighted by molar-refractivity contribution is -0.129. The molecule has 120 valence electrons. The Balaban J connectivity index is 0.00000192. The number of urea groups is 1. The highest BCUT2D eigenvalue weighted by molar-refractivity contribution is 6.09. The van der Waals surface area contributed by atoms with Crippen molar-refractivity contribution in [3.05, 3.63) is 71.3 Å². The third-order valence-electron chi connectivity index (χ3n) is 3.73. The first-order valence-corrected chi connectivity index (χ1v) is 6.57. The van der Waals surface area contributed by atoms with Gasteiger partial charge in [0.1, 0.15) is 11.6 Å². The van der Waals surface area contributed by atoms with E-state index in [0.717, 1.165) is 17.0 Å². The average Bonchev–Trinajstić information content (AvgIpc) is 2.72. The zero-order chi connectivity index (χ0) is 15.9. The molecule has 3 amide bonds. The number of carbonyl (C=O) groups excluding carboxylic acids is 2. The van der Waals surface area contributed by atoms with Crippen LogP contribution >= 0.6 is 0 Å². The van der Waals surface area contributed by atoms with Crippen molar-refractivity contribution < 1.29 is 18.4 Å². The summed E-state index contributed by atoms with van der Waals surface area (Å²) in [6.07, 6.45) is 0. The van der Waals surface area contributed by atoms with Gasteiger partial charge in [0.05, 0.1) is 0 Å². The summed E-state index contributed by atoms with van der Waals surface area (Å²) in [6.45, 7) is 0. The summed E-state index contributed by atoms with van der Waals surface area (Å²) in [5, 5.41) is 2.56. The highest BCUT2D eigenvalue weighted by Gasteiger charge is 2.52. The normalized spacial score (nSPS) is 20.2. The molecule has 1 atom stereocenters. The van der Waals surface area contributed by atoms with Crippen LogP contribution in [0.1, 0.15) is 18.6 Å². The Morgan fingerprint density at radius 3 is 2.00 bits per heavy atom. The molecule has 1 aliphatic rings. The summed E-state index contributed by atoms with van der Waals surface area (Å²) in [4.78, 5) is 25.5. The smallest absolute Gasteiger partial charge is 0.316 e. The minimum atomic E-state index is -1.63. The highest BCUT2D eigenvalue weighted by Crippen LogP contribution is 2.36. The monoisotopic (exact) mass is 318 g/mol. The Hall–Kier alpha value is -2.76. The third-order valence-corrected chi connectivity index (χ3v) is 3.73. The molecular weight excluding hydrogens is 302 g/mol. The second-order valence-corrected chi connectivity index (χ2v) is 5.07. The SMILES string of the molecule is C.CN1C(=O)NC(c2ccccc2)(c2cc(F)cc(F)c2)C1=O. The average molecular weight is 318 g/mol. The number of likely N-dealkylation sites (N-methyl/N-ethyl adjacent to an activating group) is 1. The molecule has 1 saturated heterocycles. The Kier molecular flexibility index (Phi) is 4.18. The minimum Gasteiger partial charge on any atom is -0.316 e. The van der Waals surface area contributed by atoms with Crippen molar-refractivity contribution in [2.75, 3.05) is 7.05 Å². The molecule has 4 nitrogen and oxygen atoms in total. The van der Waals surface area contributed by atoms with Gasteiger partial charge in [0, 0.05) is 13.1 Å². The number of hydrogen-bond donors (Lipinski definition) is 1. The minimum absolute atomic E-state index is 0. The molecule has 2 aromatic carbocycles. The number of carbonyl (C=O) groups is 2. The van der Waals surface area contributed by atoms with Crippen LogP contribution in [0.2, 0.25) is 0 Å². The van der Waals surface area contributed by atoms with E-state index < -0.39 is 29.1 Å². The molecule has 0 bridgehead atoms. The van der Waals surface area contributed by atoms with Crippen LogP contribution in [0.4, 0.5) is 13.6 Å². The van der Waals surface area contributed by atoms with Gasteiger partial charge in [-0.15, -0.1) is 0 Å². The van der Waals surface area contributed by atoms with Crippen molar-refractivity contribution in [2.45, 2.75) is 13.0 Å². The molecule has 6 heteroatoms. The van der Waals surface area contributed by atoms with E-state index in [4.69, 9.17) is 0 Å². The van der Waals surface area contributed by atoms with Crippen LogP contribution < -0.4 is 5.32 Å². The zero-order valence-corrected chi connectivity index (χ0v) is 11.6. The lowest BCUT2D eigenvalue weighted by Gasteiger charge is -2.27. The van der Waals surface area contributed by atoms with Gasteiger partial charge in [-0.3, -0.25) is 9.69 Å². The van der Waals surface area contributed by atoms with E-state index in [-0.39, 0.29) is 13.0 Å². The maximum absolute atomic E-state index is 13.6. The van der Waals surface area contributed by atoms with Crippen LogP contribution in [0.15, 0.2) is 48.5 Å². The standard InChI is InChI=1S/C16H12F2N2O2.CH4/c1-20-14(21)16(19-15(20)22,10-5-3-2-4-6-10)11-7-12(17)9-13(18)8-11;/h2-9H,1H3,(H,19,22);1H4. The molecule has 0 saturated carbocycles. The number of benzene rings is 2. The van der Waals surface area contributed by atoms with Gasteiger partial charge in [-0.2, -0.15) is 0 Å². The third kappa shape index (κ3) is 2.46. The van der Waals surface area contributed by atoms with Crippen molar-refractivity contribution in [2.24, 2.45) is 0 Å².